The zero-order valence-electron chi connectivity index (χ0n) is 11.5. The highest BCUT2D eigenvalue weighted by Gasteiger charge is 2.14. The fourth-order valence-electron chi connectivity index (χ4n) is 1.67. The lowest BCUT2D eigenvalue weighted by molar-refractivity contribution is 0.592. The molecule has 0 fully saturated rings. The van der Waals surface area contributed by atoms with Crippen molar-refractivity contribution in [2.75, 3.05) is 0 Å². The van der Waals surface area contributed by atoms with Crippen molar-refractivity contribution < 1.29 is 8.42 Å². The van der Waals surface area contributed by atoms with E-state index in [4.69, 9.17) is 5.73 Å². The molecule has 0 atom stereocenters. The summed E-state index contributed by atoms with van der Waals surface area (Å²) in [5.41, 5.74) is 7.17. The van der Waals surface area contributed by atoms with Gasteiger partial charge in [0.25, 0.3) is 10.0 Å². The van der Waals surface area contributed by atoms with E-state index in [1.54, 1.807) is 30.5 Å². The second-order valence-corrected chi connectivity index (χ2v) is 6.13. The first kappa shape index (κ1) is 15.0. The maximum absolute atomic E-state index is 12.1. The number of pyridine rings is 1. The smallest absolute Gasteiger partial charge is 0.264 e. The van der Waals surface area contributed by atoms with Gasteiger partial charge in [0.2, 0.25) is 5.96 Å². The highest BCUT2D eigenvalue weighted by molar-refractivity contribution is 7.90. The monoisotopic (exact) mass is 304 g/mol. The molecular formula is C14H16N4O2S. The zero-order valence-corrected chi connectivity index (χ0v) is 12.3. The van der Waals surface area contributed by atoms with Crippen LogP contribution in [0.1, 0.15) is 11.3 Å². The molecule has 0 radical (unpaired) electrons. The number of aliphatic imine (C=N–C) groups is 1. The summed E-state index contributed by atoms with van der Waals surface area (Å²) in [5, 5.41) is 0. The maximum Gasteiger partial charge on any atom is 0.264 e. The van der Waals surface area contributed by atoms with Crippen molar-refractivity contribution in [3.63, 3.8) is 0 Å². The molecule has 3 N–H and O–H groups in total. The molecule has 7 heteroatoms. The molecule has 1 aromatic heterocycles. The first-order valence-corrected chi connectivity index (χ1v) is 7.75. The summed E-state index contributed by atoms with van der Waals surface area (Å²) in [6, 6.07) is 12.0. The number of hydrogen-bond acceptors (Lipinski definition) is 4. The van der Waals surface area contributed by atoms with Gasteiger partial charge in [0.15, 0.2) is 0 Å². The molecule has 21 heavy (non-hydrogen) atoms. The van der Waals surface area contributed by atoms with Crippen molar-refractivity contribution in [3.8, 4) is 0 Å². The number of guanidine groups is 1. The first-order chi connectivity index (χ1) is 9.97. The lowest BCUT2D eigenvalue weighted by Gasteiger charge is -2.07. The summed E-state index contributed by atoms with van der Waals surface area (Å²) in [7, 11) is -3.71. The Hall–Kier alpha value is -2.41. The number of benzene rings is 1. The molecule has 1 heterocycles. The van der Waals surface area contributed by atoms with Crippen LogP contribution in [-0.4, -0.2) is 19.4 Å². The van der Waals surface area contributed by atoms with Crippen LogP contribution in [0.25, 0.3) is 0 Å². The van der Waals surface area contributed by atoms with Crippen LogP contribution >= 0.6 is 0 Å². The third-order valence-electron chi connectivity index (χ3n) is 2.68. The SMILES string of the molecule is Cc1cccc(S(=O)(=O)NC(N)=NCc2ccccn2)c1. The van der Waals surface area contributed by atoms with Crippen molar-refractivity contribution in [2.24, 2.45) is 10.7 Å². The van der Waals surface area contributed by atoms with Gasteiger partial charge in [0.05, 0.1) is 17.1 Å². The highest BCUT2D eigenvalue weighted by atomic mass is 32.2. The number of nitrogens with zero attached hydrogens (tertiary/aromatic N) is 2. The van der Waals surface area contributed by atoms with Crippen LogP contribution in [0.15, 0.2) is 58.5 Å². The molecule has 0 bridgehead atoms. The number of aryl methyl sites for hydroxylation is 1. The fourth-order valence-corrected chi connectivity index (χ4v) is 2.73. The van der Waals surface area contributed by atoms with Gasteiger partial charge in [-0.15, -0.1) is 0 Å². The molecule has 2 aromatic rings. The average Bonchev–Trinajstić information content (AvgIpc) is 2.46. The average molecular weight is 304 g/mol. The van der Waals surface area contributed by atoms with Crippen LogP contribution in [0.3, 0.4) is 0 Å². The summed E-state index contributed by atoms with van der Waals surface area (Å²) in [6.07, 6.45) is 1.64. The molecule has 110 valence electrons. The van der Waals surface area contributed by atoms with E-state index in [2.05, 4.69) is 14.7 Å². The third-order valence-corrected chi connectivity index (χ3v) is 4.03. The van der Waals surface area contributed by atoms with Gasteiger partial charge in [-0.1, -0.05) is 18.2 Å². The number of sulfonamides is 1. The Labute approximate surface area is 123 Å². The standard InChI is InChI=1S/C14H16N4O2S/c1-11-5-4-7-13(9-11)21(19,20)18-14(15)17-10-12-6-2-3-8-16-12/h2-9H,10H2,1H3,(H3,15,17,18). The van der Waals surface area contributed by atoms with Gasteiger partial charge in [0, 0.05) is 6.20 Å². The van der Waals surface area contributed by atoms with Crippen molar-refractivity contribution >= 4 is 16.0 Å². The van der Waals surface area contributed by atoms with E-state index < -0.39 is 10.0 Å². The summed E-state index contributed by atoms with van der Waals surface area (Å²) in [5.74, 6) is -0.165. The topological polar surface area (TPSA) is 97.4 Å². The molecule has 0 aliphatic rings. The number of nitrogens with two attached hydrogens (primary N) is 1. The Kier molecular flexibility index (Phi) is 4.54. The summed E-state index contributed by atoms with van der Waals surface area (Å²) in [6.45, 7) is 2.03. The van der Waals surface area contributed by atoms with Crippen molar-refractivity contribution in [3.05, 3.63) is 59.9 Å². The molecule has 0 saturated carbocycles. The van der Waals surface area contributed by atoms with E-state index in [0.717, 1.165) is 5.56 Å². The van der Waals surface area contributed by atoms with Crippen LogP contribution < -0.4 is 10.5 Å². The molecule has 0 spiro atoms. The third kappa shape index (κ3) is 4.28. The summed E-state index contributed by atoms with van der Waals surface area (Å²) < 4.78 is 26.5. The minimum Gasteiger partial charge on any atom is -0.369 e. The first-order valence-electron chi connectivity index (χ1n) is 6.27. The van der Waals surface area contributed by atoms with Crippen molar-refractivity contribution in [2.45, 2.75) is 18.4 Å². The van der Waals surface area contributed by atoms with E-state index in [0.29, 0.717) is 5.69 Å². The predicted molar refractivity (Wildman–Crippen MR) is 81.1 cm³/mol. The molecule has 2 rings (SSSR count). The van der Waals surface area contributed by atoms with E-state index in [9.17, 15) is 8.42 Å². The Morgan fingerprint density at radius 3 is 2.76 bits per heavy atom. The molecule has 6 nitrogen and oxygen atoms in total. The molecule has 0 aliphatic heterocycles. The summed E-state index contributed by atoms with van der Waals surface area (Å²) in [4.78, 5) is 8.20. The molecule has 0 unspecified atom stereocenters. The number of rotatable bonds is 4. The second-order valence-electron chi connectivity index (χ2n) is 4.44. The van der Waals surface area contributed by atoms with E-state index >= 15 is 0 Å². The Morgan fingerprint density at radius 2 is 2.10 bits per heavy atom. The lowest BCUT2D eigenvalue weighted by Crippen LogP contribution is -2.36. The van der Waals surface area contributed by atoms with Crippen molar-refractivity contribution in [1.29, 1.82) is 0 Å². The number of hydrogen-bond donors (Lipinski definition) is 2. The zero-order chi connectivity index (χ0) is 15.3. The predicted octanol–water partition coefficient (Wildman–Crippen LogP) is 1.18. The summed E-state index contributed by atoms with van der Waals surface area (Å²) >= 11 is 0. The van der Waals surface area contributed by atoms with E-state index in [1.165, 1.54) is 6.07 Å². The van der Waals surface area contributed by atoms with Crippen LogP contribution in [-0.2, 0) is 16.6 Å². The maximum atomic E-state index is 12.1. The normalized spacial score (nSPS) is 12.1. The number of aromatic nitrogens is 1. The lowest BCUT2D eigenvalue weighted by atomic mass is 10.2. The largest absolute Gasteiger partial charge is 0.369 e. The van der Waals surface area contributed by atoms with Crippen LogP contribution in [0.4, 0.5) is 0 Å². The van der Waals surface area contributed by atoms with Gasteiger partial charge in [-0.05, 0) is 36.8 Å². The van der Waals surface area contributed by atoms with Crippen molar-refractivity contribution in [1.82, 2.24) is 9.71 Å². The molecule has 0 saturated heterocycles. The van der Waals surface area contributed by atoms with Gasteiger partial charge < -0.3 is 5.73 Å². The second kappa shape index (κ2) is 6.36. The molecule has 1 aromatic carbocycles. The molecular weight excluding hydrogens is 288 g/mol. The van der Waals surface area contributed by atoms with Gasteiger partial charge in [-0.2, -0.15) is 0 Å². The minimum atomic E-state index is -3.71. The van der Waals surface area contributed by atoms with Crippen LogP contribution in [0.5, 0.6) is 0 Å². The molecule has 0 aliphatic carbocycles. The molecule has 0 amide bonds. The number of nitrogens with one attached hydrogen (secondary N) is 1. The van der Waals surface area contributed by atoms with Gasteiger partial charge in [-0.3, -0.25) is 4.98 Å². The van der Waals surface area contributed by atoms with Gasteiger partial charge in [0.1, 0.15) is 0 Å². The Balaban J connectivity index is 2.09. The van der Waals surface area contributed by atoms with Gasteiger partial charge >= 0.3 is 0 Å². The van der Waals surface area contributed by atoms with Crippen LogP contribution in [0, 0.1) is 6.92 Å². The van der Waals surface area contributed by atoms with Gasteiger partial charge in [-0.25, -0.2) is 18.1 Å². The van der Waals surface area contributed by atoms with E-state index in [-0.39, 0.29) is 17.4 Å². The quantitative estimate of drug-likeness (QED) is 0.654. The fraction of sp³-hybridized carbons (Fsp3) is 0.143. The van der Waals surface area contributed by atoms with E-state index in [1.807, 2.05) is 19.1 Å². The minimum absolute atomic E-state index is 0.151. The Bertz CT molecular complexity index is 743. The Morgan fingerprint density at radius 1 is 1.29 bits per heavy atom. The highest BCUT2D eigenvalue weighted by Crippen LogP contribution is 2.10. The van der Waals surface area contributed by atoms with Crippen LogP contribution in [0.2, 0.25) is 0 Å².